The van der Waals surface area contributed by atoms with Gasteiger partial charge in [-0.15, -0.1) is 0 Å². The molecule has 0 saturated carbocycles. The van der Waals surface area contributed by atoms with Crippen LogP contribution in [0.25, 0.3) is 0 Å². The molecule has 0 spiro atoms. The lowest BCUT2D eigenvalue weighted by atomic mass is 9.96. The van der Waals surface area contributed by atoms with Crippen LogP contribution in [-0.2, 0) is 15.9 Å². The summed E-state index contributed by atoms with van der Waals surface area (Å²) in [5.74, 6) is 0. The van der Waals surface area contributed by atoms with E-state index in [0.29, 0.717) is 32.3 Å². The van der Waals surface area contributed by atoms with Gasteiger partial charge >= 0.3 is 6.09 Å². The summed E-state index contributed by atoms with van der Waals surface area (Å²) < 4.78 is 11.4. The maximum absolute atomic E-state index is 12.4. The monoisotopic (exact) mass is 424 g/mol. The minimum absolute atomic E-state index is 0.0287. The highest BCUT2D eigenvalue weighted by atomic mass is 35.5. The minimum Gasteiger partial charge on any atom is -0.444 e. The van der Waals surface area contributed by atoms with Crippen LogP contribution in [0.15, 0.2) is 24.3 Å². The van der Waals surface area contributed by atoms with Crippen LogP contribution in [0, 0.1) is 0 Å². The van der Waals surface area contributed by atoms with Gasteiger partial charge in [-0.3, -0.25) is 4.90 Å². The molecule has 2 aliphatic heterocycles. The number of piperidine rings is 1. The van der Waals surface area contributed by atoms with Crippen molar-refractivity contribution < 1.29 is 19.4 Å². The zero-order valence-electron chi connectivity index (χ0n) is 17.6. The Morgan fingerprint density at radius 3 is 2.48 bits per heavy atom. The van der Waals surface area contributed by atoms with Crippen molar-refractivity contribution in [1.29, 1.82) is 0 Å². The SMILES string of the molecule is CC(C)(C)OC(=O)N1CCC(N2CC(CO)OCC2Cc2ccc(Cl)cc2)CC1. The number of carbonyl (C=O) groups is 1. The van der Waals surface area contributed by atoms with Crippen LogP contribution in [0.1, 0.15) is 39.2 Å². The first kappa shape index (κ1) is 22.3. The molecule has 162 valence electrons. The molecule has 1 aromatic carbocycles. The summed E-state index contributed by atoms with van der Waals surface area (Å²) in [5.41, 5.74) is 0.748. The van der Waals surface area contributed by atoms with Crippen LogP contribution in [0.4, 0.5) is 4.79 Å². The van der Waals surface area contributed by atoms with E-state index in [1.165, 1.54) is 5.56 Å². The third-order valence-electron chi connectivity index (χ3n) is 5.58. The molecule has 0 radical (unpaired) electrons. The van der Waals surface area contributed by atoms with E-state index in [4.69, 9.17) is 21.1 Å². The Balaban J connectivity index is 1.62. The maximum Gasteiger partial charge on any atom is 0.410 e. The van der Waals surface area contributed by atoms with Gasteiger partial charge < -0.3 is 19.5 Å². The van der Waals surface area contributed by atoms with Crippen LogP contribution in [0.5, 0.6) is 0 Å². The van der Waals surface area contributed by atoms with Gasteiger partial charge in [-0.1, -0.05) is 23.7 Å². The van der Waals surface area contributed by atoms with Crippen molar-refractivity contribution in [3.8, 4) is 0 Å². The summed E-state index contributed by atoms with van der Waals surface area (Å²) in [6.45, 7) is 8.39. The number of benzene rings is 1. The fourth-order valence-corrected chi connectivity index (χ4v) is 4.24. The van der Waals surface area contributed by atoms with Gasteiger partial charge in [-0.05, 0) is 57.7 Å². The molecule has 6 nitrogen and oxygen atoms in total. The summed E-state index contributed by atoms with van der Waals surface area (Å²) in [6.07, 6.45) is 2.29. The van der Waals surface area contributed by atoms with E-state index in [-0.39, 0.29) is 24.8 Å². The highest BCUT2D eigenvalue weighted by Gasteiger charge is 2.36. The fraction of sp³-hybridized carbons (Fsp3) is 0.682. The van der Waals surface area contributed by atoms with Gasteiger partial charge in [0.05, 0.1) is 19.3 Å². The standard InChI is InChI=1S/C22H33ClN2O4/c1-22(2,3)29-21(27)24-10-8-18(9-11-24)25-13-20(14-26)28-15-19(25)12-16-4-6-17(23)7-5-16/h4-7,18-20,26H,8-15H2,1-3H3. The Labute approximate surface area is 178 Å². The predicted octanol–water partition coefficient (Wildman–Crippen LogP) is 3.34. The topological polar surface area (TPSA) is 62.2 Å². The number of rotatable bonds is 4. The highest BCUT2D eigenvalue weighted by molar-refractivity contribution is 6.30. The largest absolute Gasteiger partial charge is 0.444 e. The Hall–Kier alpha value is -1.34. The molecule has 3 rings (SSSR count). The number of halogens is 1. The zero-order valence-corrected chi connectivity index (χ0v) is 18.4. The van der Waals surface area contributed by atoms with Gasteiger partial charge in [0.15, 0.2) is 0 Å². The molecular weight excluding hydrogens is 392 g/mol. The molecule has 2 atom stereocenters. The Morgan fingerprint density at radius 1 is 1.24 bits per heavy atom. The van der Waals surface area contributed by atoms with Crippen LogP contribution in [0.2, 0.25) is 5.02 Å². The van der Waals surface area contributed by atoms with Crippen LogP contribution in [0.3, 0.4) is 0 Å². The van der Waals surface area contributed by atoms with Crippen molar-refractivity contribution in [2.24, 2.45) is 0 Å². The molecule has 2 unspecified atom stereocenters. The van der Waals surface area contributed by atoms with Gasteiger partial charge in [0, 0.05) is 36.7 Å². The number of carbonyl (C=O) groups excluding carboxylic acids is 1. The summed E-state index contributed by atoms with van der Waals surface area (Å²) in [4.78, 5) is 16.6. The highest BCUT2D eigenvalue weighted by Crippen LogP contribution is 2.26. The Morgan fingerprint density at radius 2 is 1.90 bits per heavy atom. The maximum atomic E-state index is 12.4. The summed E-state index contributed by atoms with van der Waals surface area (Å²) >= 11 is 6.02. The van der Waals surface area contributed by atoms with E-state index in [1.54, 1.807) is 4.90 Å². The molecule has 1 aromatic rings. The molecule has 1 amide bonds. The van der Waals surface area contributed by atoms with Crippen LogP contribution in [-0.4, -0.2) is 77.6 Å². The number of hydrogen-bond acceptors (Lipinski definition) is 5. The number of morpholine rings is 1. The molecule has 2 fully saturated rings. The van der Waals surface area contributed by atoms with Crippen molar-refractivity contribution in [1.82, 2.24) is 9.80 Å². The molecule has 0 bridgehead atoms. The Bertz CT molecular complexity index is 668. The van der Waals surface area contributed by atoms with E-state index in [9.17, 15) is 9.90 Å². The summed E-state index contributed by atoms with van der Waals surface area (Å²) in [7, 11) is 0. The van der Waals surface area contributed by atoms with Crippen molar-refractivity contribution >= 4 is 17.7 Å². The second kappa shape index (κ2) is 9.65. The number of ether oxygens (including phenoxy) is 2. The normalized spacial score (nSPS) is 24.5. The van der Waals surface area contributed by atoms with Gasteiger partial charge in [0.25, 0.3) is 0 Å². The van der Waals surface area contributed by atoms with Crippen molar-refractivity contribution in [3.63, 3.8) is 0 Å². The molecule has 1 N–H and O–H groups in total. The number of likely N-dealkylation sites (tertiary alicyclic amines) is 1. The van der Waals surface area contributed by atoms with E-state index < -0.39 is 5.60 Å². The third kappa shape index (κ3) is 6.32. The lowest BCUT2D eigenvalue weighted by Gasteiger charge is -2.46. The lowest BCUT2D eigenvalue weighted by molar-refractivity contribution is -0.102. The second-order valence-electron chi connectivity index (χ2n) is 9.02. The third-order valence-corrected chi connectivity index (χ3v) is 5.83. The molecule has 2 aliphatic rings. The van der Waals surface area contributed by atoms with Crippen molar-refractivity contribution in [2.75, 3.05) is 32.8 Å². The quantitative estimate of drug-likeness (QED) is 0.803. The molecule has 7 heteroatoms. The Kier molecular flexibility index (Phi) is 7.43. The van der Waals surface area contributed by atoms with Gasteiger partial charge in [-0.25, -0.2) is 4.79 Å². The minimum atomic E-state index is -0.476. The molecule has 29 heavy (non-hydrogen) atoms. The summed E-state index contributed by atoms with van der Waals surface area (Å²) in [5, 5.41) is 10.3. The van der Waals surface area contributed by atoms with Crippen molar-refractivity contribution in [2.45, 2.75) is 63.8 Å². The number of nitrogens with zero attached hydrogens (tertiary/aromatic N) is 2. The number of hydrogen-bond donors (Lipinski definition) is 1. The van der Waals surface area contributed by atoms with E-state index in [0.717, 1.165) is 24.3 Å². The van der Waals surface area contributed by atoms with Crippen LogP contribution < -0.4 is 0 Å². The zero-order chi connectivity index (χ0) is 21.0. The van der Waals surface area contributed by atoms with E-state index >= 15 is 0 Å². The fourth-order valence-electron chi connectivity index (χ4n) is 4.11. The first-order valence-corrected chi connectivity index (χ1v) is 10.8. The molecule has 2 heterocycles. The van der Waals surface area contributed by atoms with Gasteiger partial charge in [0.1, 0.15) is 5.60 Å². The molecule has 0 aliphatic carbocycles. The van der Waals surface area contributed by atoms with Crippen molar-refractivity contribution in [3.05, 3.63) is 34.9 Å². The smallest absolute Gasteiger partial charge is 0.410 e. The molecule has 0 aromatic heterocycles. The first-order valence-electron chi connectivity index (χ1n) is 10.5. The second-order valence-corrected chi connectivity index (χ2v) is 9.45. The van der Waals surface area contributed by atoms with Gasteiger partial charge in [-0.2, -0.15) is 0 Å². The predicted molar refractivity (Wildman–Crippen MR) is 113 cm³/mol. The van der Waals surface area contributed by atoms with E-state index in [2.05, 4.69) is 17.0 Å². The molecular formula is C22H33ClN2O4. The number of aliphatic hydroxyl groups excluding tert-OH is 1. The van der Waals surface area contributed by atoms with E-state index in [1.807, 2.05) is 32.9 Å². The van der Waals surface area contributed by atoms with Gasteiger partial charge in [0.2, 0.25) is 0 Å². The average Bonchev–Trinajstić information content (AvgIpc) is 2.69. The average molecular weight is 425 g/mol. The first-order chi connectivity index (χ1) is 13.7. The number of amides is 1. The summed E-state index contributed by atoms with van der Waals surface area (Å²) in [6, 6.07) is 8.57. The van der Waals surface area contributed by atoms with Crippen LogP contribution >= 0.6 is 11.6 Å². The lowest BCUT2D eigenvalue weighted by Crippen LogP contribution is -2.58. The molecule has 2 saturated heterocycles. The number of aliphatic hydroxyl groups is 1.